The number of Topliss-reactive ketones (excluding diaryl/α,β-unsaturated/α-hetero) is 1. The summed E-state index contributed by atoms with van der Waals surface area (Å²) in [6, 6.07) is 0. The molecular weight excluding hydrogens is 340 g/mol. The Labute approximate surface area is 174 Å². The molecule has 0 heterocycles. The maximum Gasteiger partial charge on any atom is 0.129 e. The summed E-state index contributed by atoms with van der Waals surface area (Å²) < 4.78 is 0. The number of rotatable bonds is 4. The first-order valence-corrected chi connectivity index (χ1v) is 12.6. The molecule has 0 radical (unpaired) electrons. The molecule has 4 aliphatic carbocycles. The Bertz CT molecular complexity index is 609. The van der Waals surface area contributed by atoms with Crippen molar-refractivity contribution in [2.75, 3.05) is 0 Å². The third-order valence-corrected chi connectivity index (χ3v) is 11.5. The number of carbonyl (C=O) groups excluding carboxylic acids is 1. The van der Waals surface area contributed by atoms with E-state index in [9.17, 15) is 4.79 Å². The topological polar surface area (TPSA) is 17.1 Å². The largest absolute Gasteiger partial charge is 0.300 e. The third kappa shape index (κ3) is 2.96. The van der Waals surface area contributed by atoms with Crippen LogP contribution in [0, 0.1) is 51.8 Å². The summed E-state index contributed by atoms with van der Waals surface area (Å²) in [4.78, 5) is 11.6. The molecule has 4 rings (SSSR count). The predicted octanol–water partition coefficient (Wildman–Crippen LogP) is 7.68. The molecular formula is C27H46O. The first-order chi connectivity index (χ1) is 13.1. The zero-order valence-electron chi connectivity index (χ0n) is 19.7. The fraction of sp³-hybridized carbons (Fsp3) is 0.963. The van der Waals surface area contributed by atoms with Gasteiger partial charge in [-0.2, -0.15) is 0 Å². The van der Waals surface area contributed by atoms with Crippen molar-refractivity contribution in [2.45, 2.75) is 112 Å². The van der Waals surface area contributed by atoms with Gasteiger partial charge in [0.1, 0.15) is 5.78 Å². The van der Waals surface area contributed by atoms with Crippen LogP contribution in [0.15, 0.2) is 0 Å². The van der Waals surface area contributed by atoms with Gasteiger partial charge < -0.3 is 4.79 Å². The van der Waals surface area contributed by atoms with Crippen LogP contribution in [0.1, 0.15) is 112 Å². The highest BCUT2D eigenvalue weighted by Crippen LogP contribution is 2.73. The predicted molar refractivity (Wildman–Crippen MR) is 118 cm³/mol. The lowest BCUT2D eigenvalue weighted by Gasteiger charge is -2.65. The highest BCUT2D eigenvalue weighted by atomic mass is 16.1. The molecule has 4 fully saturated rings. The van der Waals surface area contributed by atoms with Crippen LogP contribution in [-0.2, 0) is 4.79 Å². The molecule has 9 atom stereocenters. The maximum atomic E-state index is 11.6. The lowest BCUT2D eigenvalue weighted by Crippen LogP contribution is -2.57. The van der Waals surface area contributed by atoms with Crippen molar-refractivity contribution < 1.29 is 4.79 Å². The summed E-state index contributed by atoms with van der Waals surface area (Å²) in [6.45, 7) is 14.8. The second kappa shape index (κ2) is 7.12. The molecule has 0 aromatic carbocycles. The minimum atomic E-state index is 0.374. The summed E-state index contributed by atoms with van der Waals surface area (Å²) in [5.74, 6) is 5.78. The van der Waals surface area contributed by atoms with Crippen LogP contribution in [0.25, 0.3) is 0 Å². The number of hydrogen-bond acceptors (Lipinski definition) is 1. The number of fused-ring (bicyclic) bond motifs is 5. The van der Waals surface area contributed by atoms with E-state index in [1.807, 2.05) is 0 Å². The molecule has 1 heteroatoms. The van der Waals surface area contributed by atoms with Gasteiger partial charge in [0.15, 0.2) is 0 Å². The quantitative estimate of drug-likeness (QED) is 0.484. The SMILES string of the molecule is CC(=O)CCC(C)C1CCC2(C)C3CCC4CC(C)CCC4(C)C3CCC12C. The van der Waals surface area contributed by atoms with Crippen LogP contribution in [0.2, 0.25) is 0 Å². The van der Waals surface area contributed by atoms with E-state index in [0.29, 0.717) is 27.9 Å². The van der Waals surface area contributed by atoms with Crippen LogP contribution in [0.5, 0.6) is 0 Å². The van der Waals surface area contributed by atoms with Gasteiger partial charge in [-0.25, -0.2) is 0 Å². The van der Waals surface area contributed by atoms with Gasteiger partial charge >= 0.3 is 0 Å². The molecule has 0 aromatic rings. The Morgan fingerprint density at radius 2 is 1.64 bits per heavy atom. The van der Waals surface area contributed by atoms with Gasteiger partial charge in [0.05, 0.1) is 0 Å². The smallest absolute Gasteiger partial charge is 0.129 e. The summed E-state index contributed by atoms with van der Waals surface area (Å²) >= 11 is 0. The minimum absolute atomic E-state index is 0.374. The molecule has 0 amide bonds. The number of hydrogen-bond donors (Lipinski definition) is 0. The van der Waals surface area contributed by atoms with Crippen molar-refractivity contribution in [3.05, 3.63) is 0 Å². The zero-order valence-corrected chi connectivity index (χ0v) is 19.7. The van der Waals surface area contributed by atoms with Gasteiger partial charge in [-0.1, -0.05) is 41.0 Å². The fourth-order valence-electron chi connectivity index (χ4n) is 9.47. The van der Waals surface area contributed by atoms with Gasteiger partial charge in [-0.05, 0) is 116 Å². The third-order valence-electron chi connectivity index (χ3n) is 11.5. The highest BCUT2D eigenvalue weighted by Gasteiger charge is 2.65. The molecule has 0 aliphatic heterocycles. The normalized spacial score (nSPS) is 51.7. The molecule has 0 saturated heterocycles. The van der Waals surface area contributed by atoms with E-state index in [4.69, 9.17) is 0 Å². The summed E-state index contributed by atoms with van der Waals surface area (Å²) in [7, 11) is 0. The summed E-state index contributed by atoms with van der Waals surface area (Å²) in [5, 5.41) is 0. The average Bonchev–Trinajstić information content (AvgIpc) is 2.92. The monoisotopic (exact) mass is 386 g/mol. The van der Waals surface area contributed by atoms with Crippen LogP contribution < -0.4 is 0 Å². The van der Waals surface area contributed by atoms with E-state index in [2.05, 4.69) is 34.6 Å². The summed E-state index contributed by atoms with van der Waals surface area (Å²) in [6.07, 6.45) is 15.1. The molecule has 0 aromatic heterocycles. The van der Waals surface area contributed by atoms with E-state index in [1.54, 1.807) is 6.92 Å². The molecule has 0 bridgehead atoms. The zero-order chi connectivity index (χ0) is 20.3. The van der Waals surface area contributed by atoms with Gasteiger partial charge in [0.25, 0.3) is 0 Å². The van der Waals surface area contributed by atoms with E-state index in [1.165, 1.54) is 57.8 Å². The molecule has 28 heavy (non-hydrogen) atoms. The average molecular weight is 387 g/mol. The maximum absolute atomic E-state index is 11.6. The second-order valence-corrected chi connectivity index (χ2v) is 12.6. The highest BCUT2D eigenvalue weighted by molar-refractivity contribution is 5.75. The Morgan fingerprint density at radius 3 is 2.36 bits per heavy atom. The molecule has 0 N–H and O–H groups in total. The van der Waals surface area contributed by atoms with E-state index in [0.717, 1.165) is 42.4 Å². The van der Waals surface area contributed by atoms with Crippen molar-refractivity contribution in [2.24, 2.45) is 51.8 Å². The number of carbonyl (C=O) groups is 1. The van der Waals surface area contributed by atoms with E-state index >= 15 is 0 Å². The van der Waals surface area contributed by atoms with Crippen LogP contribution in [-0.4, -0.2) is 5.78 Å². The Kier molecular flexibility index (Phi) is 5.32. The first-order valence-electron chi connectivity index (χ1n) is 12.6. The van der Waals surface area contributed by atoms with Crippen molar-refractivity contribution in [1.82, 2.24) is 0 Å². The molecule has 4 aliphatic rings. The van der Waals surface area contributed by atoms with Crippen LogP contribution in [0.4, 0.5) is 0 Å². The number of ketones is 1. The summed E-state index contributed by atoms with van der Waals surface area (Å²) in [5.41, 5.74) is 1.65. The van der Waals surface area contributed by atoms with Crippen LogP contribution in [0.3, 0.4) is 0 Å². The van der Waals surface area contributed by atoms with E-state index in [-0.39, 0.29) is 0 Å². The van der Waals surface area contributed by atoms with Crippen molar-refractivity contribution >= 4 is 5.78 Å². The fourth-order valence-corrected chi connectivity index (χ4v) is 9.47. The molecule has 4 saturated carbocycles. The second-order valence-electron chi connectivity index (χ2n) is 12.6. The van der Waals surface area contributed by atoms with Crippen molar-refractivity contribution in [3.8, 4) is 0 Å². The lowest BCUT2D eigenvalue weighted by molar-refractivity contribution is -0.160. The Morgan fingerprint density at radius 1 is 0.929 bits per heavy atom. The molecule has 1 nitrogen and oxygen atoms in total. The van der Waals surface area contributed by atoms with Gasteiger partial charge in [0.2, 0.25) is 0 Å². The Hall–Kier alpha value is -0.330. The van der Waals surface area contributed by atoms with E-state index < -0.39 is 0 Å². The molecule has 9 unspecified atom stereocenters. The molecule has 0 spiro atoms. The lowest BCUT2D eigenvalue weighted by atomic mass is 9.40. The molecule has 160 valence electrons. The van der Waals surface area contributed by atoms with Crippen molar-refractivity contribution in [3.63, 3.8) is 0 Å². The minimum Gasteiger partial charge on any atom is -0.300 e. The van der Waals surface area contributed by atoms with Gasteiger partial charge in [-0.3, -0.25) is 0 Å². The standard InChI is InChI=1S/C27H46O/c1-18-11-14-25(4)21(17-18)9-10-24-23(25)13-16-26(5)22(12-15-27(24,26)6)19(2)7-8-20(3)28/h18-19,21-24H,7-17H2,1-6H3. The Balaban J connectivity index is 1.57. The first kappa shape index (κ1) is 20.9. The van der Waals surface area contributed by atoms with Crippen LogP contribution >= 0.6 is 0 Å². The van der Waals surface area contributed by atoms with Gasteiger partial charge in [0, 0.05) is 6.42 Å². The van der Waals surface area contributed by atoms with Gasteiger partial charge in [-0.15, -0.1) is 0 Å². The van der Waals surface area contributed by atoms with Crippen molar-refractivity contribution in [1.29, 1.82) is 0 Å².